The van der Waals surface area contributed by atoms with Crippen molar-refractivity contribution >= 4 is 0 Å². The van der Waals surface area contributed by atoms with Gasteiger partial charge in [-0.05, 0) is 39.7 Å². The highest BCUT2D eigenvalue weighted by Gasteiger charge is 2.17. The molecule has 1 saturated heterocycles. The van der Waals surface area contributed by atoms with Crippen molar-refractivity contribution in [3.05, 3.63) is 0 Å². The van der Waals surface area contributed by atoms with Gasteiger partial charge in [-0.25, -0.2) is 0 Å². The van der Waals surface area contributed by atoms with E-state index < -0.39 is 0 Å². The Balaban J connectivity index is 2.00. The van der Waals surface area contributed by atoms with E-state index in [-0.39, 0.29) is 5.60 Å². The second-order valence-electron chi connectivity index (χ2n) is 4.94. The Bertz CT molecular complexity index is 165. The molecule has 1 aliphatic rings. The minimum atomic E-state index is -0.0556. The molecule has 0 amide bonds. The molecule has 1 fully saturated rings. The molecule has 1 heterocycles. The molecule has 3 heteroatoms. The van der Waals surface area contributed by atoms with Crippen molar-refractivity contribution in [2.24, 2.45) is 0 Å². The fraction of sp³-hybridized carbons (Fsp3) is 1.00. The number of methoxy groups -OCH3 is 1. The van der Waals surface area contributed by atoms with Crippen molar-refractivity contribution in [1.29, 1.82) is 0 Å². The van der Waals surface area contributed by atoms with E-state index in [1.807, 2.05) is 0 Å². The molecule has 3 nitrogen and oxygen atoms in total. The molecule has 1 rings (SSSR count). The van der Waals surface area contributed by atoms with Crippen LogP contribution < -0.4 is 5.32 Å². The van der Waals surface area contributed by atoms with Gasteiger partial charge < -0.3 is 14.8 Å². The summed E-state index contributed by atoms with van der Waals surface area (Å²) in [5.74, 6) is 0. The van der Waals surface area contributed by atoms with Crippen molar-refractivity contribution in [2.45, 2.75) is 51.2 Å². The molecule has 1 aliphatic heterocycles. The van der Waals surface area contributed by atoms with E-state index >= 15 is 0 Å². The summed E-state index contributed by atoms with van der Waals surface area (Å²) in [7, 11) is 1.75. The topological polar surface area (TPSA) is 30.5 Å². The van der Waals surface area contributed by atoms with Crippen LogP contribution >= 0.6 is 0 Å². The number of nitrogens with one attached hydrogen (secondary N) is 1. The van der Waals surface area contributed by atoms with E-state index in [0.717, 1.165) is 26.2 Å². The van der Waals surface area contributed by atoms with Crippen molar-refractivity contribution in [2.75, 3.05) is 26.9 Å². The number of hydrogen-bond acceptors (Lipinski definition) is 3. The first-order chi connectivity index (χ1) is 7.14. The van der Waals surface area contributed by atoms with Crippen molar-refractivity contribution < 1.29 is 9.47 Å². The largest absolute Gasteiger partial charge is 0.380 e. The Labute approximate surface area is 93.5 Å². The molecule has 1 atom stereocenters. The zero-order valence-electron chi connectivity index (χ0n) is 10.3. The lowest BCUT2D eigenvalue weighted by atomic mass is 10.1. The van der Waals surface area contributed by atoms with Crippen molar-refractivity contribution in [3.63, 3.8) is 0 Å². The Morgan fingerprint density at radius 1 is 1.33 bits per heavy atom. The maximum atomic E-state index is 5.67. The van der Waals surface area contributed by atoms with Crippen LogP contribution in [0, 0.1) is 0 Å². The molecule has 0 bridgehead atoms. The van der Waals surface area contributed by atoms with Crippen LogP contribution in [0.15, 0.2) is 0 Å². The molecule has 1 unspecified atom stereocenters. The number of ether oxygens (including phenoxy) is 2. The maximum absolute atomic E-state index is 5.67. The number of rotatable bonds is 6. The van der Waals surface area contributed by atoms with E-state index in [9.17, 15) is 0 Å². The highest BCUT2D eigenvalue weighted by atomic mass is 16.5. The standard InChI is InChI=1S/C12H25NO2/c1-12(2,14-3)7-9-15-10-11-6-4-5-8-13-11/h11,13H,4-10H2,1-3H3. The number of hydrogen-bond donors (Lipinski definition) is 1. The summed E-state index contributed by atoms with van der Waals surface area (Å²) >= 11 is 0. The minimum Gasteiger partial charge on any atom is -0.380 e. The summed E-state index contributed by atoms with van der Waals surface area (Å²) < 4.78 is 11.0. The Morgan fingerprint density at radius 3 is 2.73 bits per heavy atom. The van der Waals surface area contributed by atoms with Crippen molar-refractivity contribution in [1.82, 2.24) is 5.32 Å². The second-order valence-corrected chi connectivity index (χ2v) is 4.94. The summed E-state index contributed by atoms with van der Waals surface area (Å²) in [5, 5.41) is 3.47. The van der Waals surface area contributed by atoms with Crippen LogP contribution in [-0.4, -0.2) is 38.5 Å². The predicted molar refractivity (Wildman–Crippen MR) is 62.2 cm³/mol. The van der Waals surface area contributed by atoms with Gasteiger partial charge in [-0.1, -0.05) is 6.42 Å². The summed E-state index contributed by atoms with van der Waals surface area (Å²) in [6.45, 7) is 6.97. The highest BCUT2D eigenvalue weighted by Crippen LogP contribution is 2.13. The SMILES string of the molecule is COC(C)(C)CCOCC1CCCCN1. The minimum absolute atomic E-state index is 0.0556. The van der Waals surface area contributed by atoms with Crippen LogP contribution in [-0.2, 0) is 9.47 Å². The van der Waals surface area contributed by atoms with Crippen LogP contribution in [0.4, 0.5) is 0 Å². The van der Waals surface area contributed by atoms with Gasteiger partial charge in [0, 0.05) is 19.8 Å². The van der Waals surface area contributed by atoms with Gasteiger partial charge in [0.15, 0.2) is 0 Å². The monoisotopic (exact) mass is 215 g/mol. The van der Waals surface area contributed by atoms with Gasteiger partial charge in [0.05, 0.1) is 12.2 Å². The van der Waals surface area contributed by atoms with Gasteiger partial charge >= 0.3 is 0 Å². The molecule has 1 N–H and O–H groups in total. The Hall–Kier alpha value is -0.120. The third-order valence-corrected chi connectivity index (χ3v) is 3.13. The Morgan fingerprint density at radius 2 is 2.13 bits per heavy atom. The molecule has 0 spiro atoms. The Kier molecular flexibility index (Phi) is 5.58. The summed E-state index contributed by atoms with van der Waals surface area (Å²) in [4.78, 5) is 0. The van der Waals surface area contributed by atoms with E-state index in [1.54, 1.807) is 7.11 Å². The fourth-order valence-electron chi connectivity index (χ4n) is 1.71. The molecular formula is C12H25NO2. The van der Waals surface area contributed by atoms with E-state index in [0.29, 0.717) is 6.04 Å². The number of piperidine rings is 1. The maximum Gasteiger partial charge on any atom is 0.0644 e. The van der Waals surface area contributed by atoms with Crippen molar-refractivity contribution in [3.8, 4) is 0 Å². The lowest BCUT2D eigenvalue weighted by molar-refractivity contribution is -0.0131. The van der Waals surface area contributed by atoms with Crippen LogP contribution in [0.5, 0.6) is 0 Å². The van der Waals surface area contributed by atoms with Gasteiger partial charge in [0.1, 0.15) is 0 Å². The molecule has 0 aromatic rings. The first-order valence-electron chi connectivity index (χ1n) is 6.00. The molecule has 0 aliphatic carbocycles. The lowest BCUT2D eigenvalue weighted by Crippen LogP contribution is -2.38. The molecule has 0 radical (unpaired) electrons. The van der Waals surface area contributed by atoms with Gasteiger partial charge in [0.25, 0.3) is 0 Å². The molecule has 15 heavy (non-hydrogen) atoms. The molecule has 90 valence electrons. The summed E-state index contributed by atoms with van der Waals surface area (Å²) in [5.41, 5.74) is -0.0556. The average Bonchev–Trinajstić information content (AvgIpc) is 2.26. The predicted octanol–water partition coefficient (Wildman–Crippen LogP) is 1.96. The molecular weight excluding hydrogens is 190 g/mol. The lowest BCUT2D eigenvalue weighted by Gasteiger charge is -2.25. The fourth-order valence-corrected chi connectivity index (χ4v) is 1.71. The summed E-state index contributed by atoms with van der Waals surface area (Å²) in [6.07, 6.45) is 4.86. The van der Waals surface area contributed by atoms with Gasteiger partial charge in [-0.15, -0.1) is 0 Å². The van der Waals surface area contributed by atoms with Gasteiger partial charge in [-0.3, -0.25) is 0 Å². The summed E-state index contributed by atoms with van der Waals surface area (Å²) in [6, 6.07) is 0.574. The van der Waals surface area contributed by atoms with E-state index in [1.165, 1.54) is 19.3 Å². The molecule has 0 saturated carbocycles. The van der Waals surface area contributed by atoms with E-state index in [4.69, 9.17) is 9.47 Å². The molecule has 0 aromatic carbocycles. The van der Waals surface area contributed by atoms with Gasteiger partial charge in [-0.2, -0.15) is 0 Å². The third-order valence-electron chi connectivity index (χ3n) is 3.13. The third kappa shape index (κ3) is 5.50. The average molecular weight is 215 g/mol. The zero-order chi connectivity index (χ0) is 11.1. The zero-order valence-corrected chi connectivity index (χ0v) is 10.3. The smallest absolute Gasteiger partial charge is 0.0644 e. The first kappa shape index (κ1) is 12.9. The molecule has 0 aromatic heterocycles. The van der Waals surface area contributed by atoms with Crippen LogP contribution in [0.1, 0.15) is 39.5 Å². The normalized spacial score (nSPS) is 23.0. The quantitative estimate of drug-likeness (QED) is 0.687. The van der Waals surface area contributed by atoms with Crippen LogP contribution in [0.2, 0.25) is 0 Å². The first-order valence-corrected chi connectivity index (χ1v) is 6.00. The highest BCUT2D eigenvalue weighted by molar-refractivity contribution is 4.72. The second kappa shape index (κ2) is 6.46. The van der Waals surface area contributed by atoms with Crippen LogP contribution in [0.3, 0.4) is 0 Å². The van der Waals surface area contributed by atoms with E-state index in [2.05, 4.69) is 19.2 Å². The van der Waals surface area contributed by atoms with Crippen LogP contribution in [0.25, 0.3) is 0 Å². The van der Waals surface area contributed by atoms with Gasteiger partial charge in [0.2, 0.25) is 0 Å².